The van der Waals surface area contributed by atoms with Gasteiger partial charge in [0.15, 0.2) is 0 Å². The first-order chi connectivity index (χ1) is 20.1. The zero-order valence-electron chi connectivity index (χ0n) is 24.9. The number of carbonyl (C=O) groups is 1. The third kappa shape index (κ3) is 6.88. The fraction of sp³-hybridized carbons (Fsp3) is 0.406. The summed E-state index contributed by atoms with van der Waals surface area (Å²) in [4.78, 5) is 19.8. The summed E-state index contributed by atoms with van der Waals surface area (Å²) in [6.45, 7) is 7.49. The average Bonchev–Trinajstić information content (AvgIpc) is 2.98. The van der Waals surface area contributed by atoms with Crippen LogP contribution in [0.15, 0.2) is 65.6 Å². The van der Waals surface area contributed by atoms with E-state index in [-0.39, 0.29) is 16.8 Å². The number of benzene rings is 3. The van der Waals surface area contributed by atoms with E-state index in [1.54, 1.807) is 43.5 Å². The van der Waals surface area contributed by atoms with Gasteiger partial charge in [0, 0.05) is 37.8 Å². The second-order valence-electron chi connectivity index (χ2n) is 11.4. The summed E-state index contributed by atoms with van der Waals surface area (Å²) in [7, 11) is 2.01. The van der Waals surface area contributed by atoms with Crippen LogP contribution in [0.2, 0.25) is 0 Å². The van der Waals surface area contributed by atoms with Crippen LogP contribution in [0, 0.1) is 6.92 Å². The summed E-state index contributed by atoms with van der Waals surface area (Å²) in [5.74, 6) is 0.661. The molecule has 224 valence electrons. The lowest BCUT2D eigenvalue weighted by Crippen LogP contribution is -2.44. The fourth-order valence-electron chi connectivity index (χ4n) is 5.63. The van der Waals surface area contributed by atoms with Gasteiger partial charge in [-0.1, -0.05) is 18.2 Å². The zero-order chi connectivity index (χ0) is 29.9. The largest absolute Gasteiger partial charge is 0.495 e. The van der Waals surface area contributed by atoms with E-state index in [0.717, 1.165) is 74.5 Å². The highest BCUT2D eigenvalue weighted by Crippen LogP contribution is 2.33. The van der Waals surface area contributed by atoms with Gasteiger partial charge in [-0.25, -0.2) is 8.42 Å². The topological polar surface area (TPSA) is 94.2 Å². The Kier molecular flexibility index (Phi) is 9.05. The molecule has 2 aliphatic heterocycles. The first-order valence-corrected chi connectivity index (χ1v) is 16.0. The lowest BCUT2D eigenvalue weighted by atomic mass is 9.98. The number of hydrogen-bond donors (Lipinski definition) is 2. The van der Waals surface area contributed by atoms with Gasteiger partial charge in [0.05, 0.1) is 23.4 Å². The zero-order valence-corrected chi connectivity index (χ0v) is 25.7. The molecule has 0 atom stereocenters. The summed E-state index contributed by atoms with van der Waals surface area (Å²) in [6.07, 6.45) is 1.92. The number of piperazine rings is 1. The number of hydrogen-bond acceptors (Lipinski definition) is 7. The minimum absolute atomic E-state index is 0.0546. The number of piperidine rings is 1. The number of likely N-dealkylation sites (tertiary alicyclic amines) is 1. The summed E-state index contributed by atoms with van der Waals surface area (Å²) in [6, 6.07) is 18.1. The molecule has 3 aromatic rings. The molecule has 0 aromatic heterocycles. The number of nitrogens with one attached hydrogen (secondary N) is 2. The first-order valence-electron chi connectivity index (χ1n) is 14.5. The maximum absolute atomic E-state index is 13.3. The third-order valence-corrected chi connectivity index (χ3v) is 9.69. The standard InChI is InChI=1S/C32H41N5O4S/c1-23-21-25(32(38)33-26-13-15-35(2)16-14-26)7-11-29(23)24-5-9-28(10-6-24)42(39,40)34-27-8-12-31(41-4)30(22-27)37-19-17-36(3)18-20-37/h5-12,21-22,26,34H,13-20H2,1-4H3,(H,33,38). The van der Waals surface area contributed by atoms with Crippen LogP contribution >= 0.6 is 0 Å². The molecule has 0 spiro atoms. The molecule has 2 saturated heterocycles. The van der Waals surface area contributed by atoms with E-state index >= 15 is 0 Å². The minimum Gasteiger partial charge on any atom is -0.495 e. The van der Waals surface area contributed by atoms with Gasteiger partial charge in [0.2, 0.25) is 0 Å². The molecule has 5 rings (SSSR count). The van der Waals surface area contributed by atoms with Crippen LogP contribution in [-0.2, 0) is 10.0 Å². The van der Waals surface area contributed by atoms with Gasteiger partial charge >= 0.3 is 0 Å². The summed E-state index contributed by atoms with van der Waals surface area (Å²) >= 11 is 0. The highest BCUT2D eigenvalue weighted by molar-refractivity contribution is 7.92. The average molecular weight is 592 g/mol. The van der Waals surface area contributed by atoms with Crippen molar-refractivity contribution >= 4 is 27.3 Å². The number of ether oxygens (including phenoxy) is 1. The molecular formula is C32H41N5O4S. The van der Waals surface area contributed by atoms with E-state index < -0.39 is 10.0 Å². The van der Waals surface area contributed by atoms with Crippen LogP contribution in [0.3, 0.4) is 0 Å². The normalized spacial score (nSPS) is 17.2. The molecule has 0 unspecified atom stereocenters. The van der Waals surface area contributed by atoms with Crippen molar-refractivity contribution in [2.45, 2.75) is 30.7 Å². The van der Waals surface area contributed by atoms with Gasteiger partial charge in [-0.05, 0) is 106 Å². The predicted molar refractivity (Wildman–Crippen MR) is 168 cm³/mol. The molecule has 0 saturated carbocycles. The molecule has 0 aliphatic carbocycles. The van der Waals surface area contributed by atoms with Gasteiger partial charge in [-0.2, -0.15) is 0 Å². The van der Waals surface area contributed by atoms with Gasteiger partial charge < -0.3 is 24.8 Å². The van der Waals surface area contributed by atoms with Crippen molar-refractivity contribution in [2.24, 2.45) is 0 Å². The number of methoxy groups -OCH3 is 1. The number of amides is 1. The Morgan fingerprint density at radius 1 is 0.857 bits per heavy atom. The predicted octanol–water partition coefficient (Wildman–Crippen LogP) is 4.05. The van der Waals surface area contributed by atoms with Crippen molar-refractivity contribution in [2.75, 3.05) is 70.1 Å². The Hall–Kier alpha value is -3.60. The van der Waals surface area contributed by atoms with Gasteiger partial charge in [0.25, 0.3) is 15.9 Å². The Balaban J connectivity index is 1.27. The number of nitrogens with zero attached hydrogens (tertiary/aromatic N) is 3. The van der Waals surface area contributed by atoms with Crippen molar-refractivity contribution in [3.8, 4) is 16.9 Å². The Morgan fingerprint density at radius 2 is 1.52 bits per heavy atom. The van der Waals surface area contributed by atoms with E-state index in [1.807, 2.05) is 31.2 Å². The summed E-state index contributed by atoms with van der Waals surface area (Å²) < 4.78 is 34.9. The Bertz CT molecular complexity index is 1510. The van der Waals surface area contributed by atoms with E-state index in [9.17, 15) is 13.2 Å². The molecule has 1 amide bonds. The minimum atomic E-state index is -3.81. The van der Waals surface area contributed by atoms with Crippen LogP contribution in [0.1, 0.15) is 28.8 Å². The van der Waals surface area contributed by atoms with Crippen molar-refractivity contribution in [1.82, 2.24) is 15.1 Å². The Morgan fingerprint density at radius 3 is 2.17 bits per heavy atom. The smallest absolute Gasteiger partial charge is 0.261 e. The maximum Gasteiger partial charge on any atom is 0.261 e. The number of rotatable bonds is 8. The van der Waals surface area contributed by atoms with E-state index in [4.69, 9.17) is 4.74 Å². The second-order valence-corrected chi connectivity index (χ2v) is 13.1. The summed E-state index contributed by atoms with van der Waals surface area (Å²) in [5, 5.41) is 3.17. The molecule has 0 radical (unpaired) electrons. The third-order valence-electron chi connectivity index (χ3n) is 8.29. The molecule has 2 N–H and O–H groups in total. The fourth-order valence-corrected chi connectivity index (χ4v) is 6.68. The second kappa shape index (κ2) is 12.7. The lowest BCUT2D eigenvalue weighted by Gasteiger charge is -2.35. The van der Waals surface area contributed by atoms with Crippen LogP contribution in [0.4, 0.5) is 11.4 Å². The van der Waals surface area contributed by atoms with E-state index in [1.165, 1.54) is 0 Å². The Labute approximate surface area is 249 Å². The van der Waals surface area contributed by atoms with Gasteiger partial charge in [-0.3, -0.25) is 9.52 Å². The van der Waals surface area contributed by atoms with Crippen LogP contribution < -0.4 is 19.7 Å². The van der Waals surface area contributed by atoms with Gasteiger partial charge in [0.1, 0.15) is 5.75 Å². The lowest BCUT2D eigenvalue weighted by molar-refractivity contribution is 0.0916. The quantitative estimate of drug-likeness (QED) is 0.408. The number of likely N-dealkylation sites (N-methyl/N-ethyl adjacent to an activating group) is 1. The molecule has 10 heteroatoms. The number of sulfonamides is 1. The molecule has 9 nitrogen and oxygen atoms in total. The summed E-state index contributed by atoms with van der Waals surface area (Å²) in [5.41, 5.74) is 4.78. The van der Waals surface area contributed by atoms with Gasteiger partial charge in [-0.15, -0.1) is 0 Å². The van der Waals surface area contributed by atoms with Crippen LogP contribution in [0.5, 0.6) is 5.75 Å². The van der Waals surface area contributed by atoms with E-state index in [2.05, 4.69) is 38.8 Å². The number of aryl methyl sites for hydroxylation is 1. The number of carbonyl (C=O) groups excluding carboxylic acids is 1. The SMILES string of the molecule is COc1ccc(NS(=O)(=O)c2ccc(-c3ccc(C(=O)NC4CCN(C)CC4)cc3C)cc2)cc1N1CCN(C)CC1. The highest BCUT2D eigenvalue weighted by atomic mass is 32.2. The van der Waals surface area contributed by atoms with Crippen LogP contribution in [-0.4, -0.2) is 90.6 Å². The molecule has 0 bridgehead atoms. The molecule has 42 heavy (non-hydrogen) atoms. The highest BCUT2D eigenvalue weighted by Gasteiger charge is 2.22. The molecule has 3 aromatic carbocycles. The monoisotopic (exact) mass is 591 g/mol. The molecule has 2 heterocycles. The molecule has 2 fully saturated rings. The van der Waals surface area contributed by atoms with Crippen molar-refractivity contribution in [3.63, 3.8) is 0 Å². The van der Waals surface area contributed by atoms with Crippen molar-refractivity contribution in [3.05, 3.63) is 71.8 Å². The van der Waals surface area contributed by atoms with E-state index in [0.29, 0.717) is 17.0 Å². The van der Waals surface area contributed by atoms with Crippen LogP contribution in [0.25, 0.3) is 11.1 Å². The molecule has 2 aliphatic rings. The van der Waals surface area contributed by atoms with Crippen molar-refractivity contribution in [1.29, 1.82) is 0 Å². The molecular weight excluding hydrogens is 550 g/mol. The first kappa shape index (κ1) is 29.9. The van der Waals surface area contributed by atoms with Crippen molar-refractivity contribution < 1.29 is 17.9 Å². The number of anilines is 2. The maximum atomic E-state index is 13.3.